The molecule has 0 spiro atoms. The molecule has 30 heavy (non-hydrogen) atoms. The number of hydrogen-bond acceptors (Lipinski definition) is 4. The van der Waals surface area contributed by atoms with Gasteiger partial charge in [0.15, 0.2) is 0 Å². The van der Waals surface area contributed by atoms with Crippen molar-refractivity contribution in [3.8, 4) is 0 Å². The van der Waals surface area contributed by atoms with Gasteiger partial charge < -0.3 is 10.6 Å². The van der Waals surface area contributed by atoms with Crippen molar-refractivity contribution in [3.05, 3.63) is 110 Å². The molecule has 3 aromatic carbocycles. The van der Waals surface area contributed by atoms with Crippen molar-refractivity contribution in [2.45, 2.75) is 0 Å². The van der Waals surface area contributed by atoms with E-state index >= 15 is 0 Å². The summed E-state index contributed by atoms with van der Waals surface area (Å²) in [4.78, 5) is 35.8. The summed E-state index contributed by atoms with van der Waals surface area (Å²) in [6.45, 7) is 0. The Morgan fingerprint density at radius 1 is 0.900 bits per heavy atom. The quantitative estimate of drug-likeness (QED) is 0.311. The maximum Gasteiger partial charge on any atom is 0.272 e. The van der Waals surface area contributed by atoms with E-state index in [-0.39, 0.29) is 11.4 Å². The number of nitrogens with zero attached hydrogens (tertiary/aromatic N) is 1. The number of non-ortho nitro benzene ring substituents is 1. The zero-order valence-corrected chi connectivity index (χ0v) is 17.1. The lowest BCUT2D eigenvalue weighted by molar-refractivity contribution is -0.384. The van der Waals surface area contributed by atoms with Gasteiger partial charge in [0.1, 0.15) is 5.70 Å². The summed E-state index contributed by atoms with van der Waals surface area (Å²) < 4.78 is 0.595. The third kappa shape index (κ3) is 5.39. The molecule has 150 valence electrons. The number of nitro groups is 1. The minimum atomic E-state index is -0.562. The maximum absolute atomic E-state index is 12.8. The Hall–Kier alpha value is -3.78. The number of hydrogen-bond donors (Lipinski definition) is 2. The molecule has 0 unspecified atom stereocenters. The molecule has 0 heterocycles. The number of halogens is 1. The van der Waals surface area contributed by atoms with Crippen LogP contribution in [0.3, 0.4) is 0 Å². The van der Waals surface area contributed by atoms with E-state index in [1.54, 1.807) is 42.5 Å². The predicted molar refractivity (Wildman–Crippen MR) is 118 cm³/mol. The fourth-order valence-electron chi connectivity index (χ4n) is 2.57. The van der Waals surface area contributed by atoms with Crippen LogP contribution in [-0.4, -0.2) is 16.7 Å². The number of amides is 2. The summed E-state index contributed by atoms with van der Waals surface area (Å²) in [5.41, 5.74) is 1.40. The van der Waals surface area contributed by atoms with Gasteiger partial charge in [-0.15, -0.1) is 0 Å². The lowest BCUT2D eigenvalue weighted by atomic mass is 10.1. The van der Waals surface area contributed by atoms with Crippen molar-refractivity contribution >= 4 is 45.2 Å². The number of nitro benzene ring substituents is 1. The monoisotopic (exact) mass is 465 g/mol. The van der Waals surface area contributed by atoms with Gasteiger partial charge in [-0.3, -0.25) is 19.7 Å². The van der Waals surface area contributed by atoms with Crippen molar-refractivity contribution in [2.75, 3.05) is 5.32 Å². The Morgan fingerprint density at radius 2 is 1.53 bits per heavy atom. The maximum atomic E-state index is 12.8. The molecule has 3 rings (SSSR count). The van der Waals surface area contributed by atoms with Gasteiger partial charge in [-0.05, 0) is 51.8 Å². The van der Waals surface area contributed by atoms with E-state index in [1.165, 1.54) is 24.3 Å². The molecule has 2 amide bonds. The van der Waals surface area contributed by atoms with Crippen molar-refractivity contribution in [1.29, 1.82) is 0 Å². The standard InChI is InChI=1S/C22H16BrN3O4/c23-19-9-5-4-8-18(19)21(27)25-20(14-15-6-2-1-3-7-15)22(28)24-16-10-12-17(13-11-16)26(29)30/h1-14H,(H,24,28)(H,25,27)/b20-14+. The highest BCUT2D eigenvalue weighted by molar-refractivity contribution is 9.10. The molecule has 0 radical (unpaired) electrons. The minimum Gasteiger partial charge on any atom is -0.321 e. The lowest BCUT2D eigenvalue weighted by Crippen LogP contribution is -2.31. The van der Waals surface area contributed by atoms with Crippen LogP contribution in [0.15, 0.2) is 89.0 Å². The van der Waals surface area contributed by atoms with E-state index in [4.69, 9.17) is 0 Å². The molecule has 0 aromatic heterocycles. The second-order valence-corrected chi connectivity index (χ2v) is 7.02. The topological polar surface area (TPSA) is 101 Å². The van der Waals surface area contributed by atoms with Crippen LogP contribution in [0.5, 0.6) is 0 Å². The number of benzene rings is 3. The van der Waals surface area contributed by atoms with Gasteiger partial charge >= 0.3 is 0 Å². The van der Waals surface area contributed by atoms with E-state index < -0.39 is 16.7 Å². The molecule has 0 aliphatic heterocycles. The molecule has 3 aromatic rings. The molecular formula is C22H16BrN3O4. The van der Waals surface area contributed by atoms with Gasteiger partial charge in [-0.1, -0.05) is 42.5 Å². The van der Waals surface area contributed by atoms with Crippen LogP contribution in [-0.2, 0) is 4.79 Å². The van der Waals surface area contributed by atoms with E-state index in [0.717, 1.165) is 5.56 Å². The zero-order valence-electron chi connectivity index (χ0n) is 15.5. The van der Waals surface area contributed by atoms with E-state index in [0.29, 0.717) is 15.7 Å². The molecule has 8 heteroatoms. The largest absolute Gasteiger partial charge is 0.321 e. The molecule has 0 saturated carbocycles. The van der Waals surface area contributed by atoms with Crippen molar-refractivity contribution in [2.24, 2.45) is 0 Å². The lowest BCUT2D eigenvalue weighted by Gasteiger charge is -2.12. The van der Waals surface area contributed by atoms with Crippen LogP contribution in [0, 0.1) is 10.1 Å². The Balaban J connectivity index is 1.86. The SMILES string of the molecule is O=C(Nc1ccc([N+](=O)[O-])cc1)/C(=C\c1ccccc1)NC(=O)c1ccccc1Br. The van der Waals surface area contributed by atoms with Gasteiger partial charge in [-0.25, -0.2) is 0 Å². The number of anilines is 1. The van der Waals surface area contributed by atoms with E-state index in [2.05, 4.69) is 26.6 Å². The Kier molecular flexibility index (Phi) is 6.71. The first-order chi connectivity index (χ1) is 14.4. The second kappa shape index (κ2) is 9.62. The van der Waals surface area contributed by atoms with Crippen molar-refractivity contribution in [3.63, 3.8) is 0 Å². The van der Waals surface area contributed by atoms with Crippen LogP contribution in [0.4, 0.5) is 11.4 Å². The molecule has 0 fully saturated rings. The first-order valence-corrected chi connectivity index (χ1v) is 9.62. The first-order valence-electron chi connectivity index (χ1n) is 8.82. The number of carbonyl (C=O) groups is 2. The van der Waals surface area contributed by atoms with Crippen molar-refractivity contribution in [1.82, 2.24) is 5.32 Å². The van der Waals surface area contributed by atoms with Gasteiger partial charge in [0.25, 0.3) is 17.5 Å². The fourth-order valence-corrected chi connectivity index (χ4v) is 3.04. The molecule has 2 N–H and O–H groups in total. The molecule has 0 aliphatic carbocycles. The number of rotatable bonds is 6. The summed E-state index contributed by atoms with van der Waals surface area (Å²) >= 11 is 3.33. The minimum absolute atomic E-state index is 0.0281. The van der Waals surface area contributed by atoms with Crippen LogP contribution >= 0.6 is 15.9 Å². The summed E-state index contributed by atoms with van der Waals surface area (Å²) in [5.74, 6) is -1.02. The Labute approximate surface area is 180 Å². The molecule has 0 atom stereocenters. The second-order valence-electron chi connectivity index (χ2n) is 6.16. The fraction of sp³-hybridized carbons (Fsp3) is 0. The van der Waals surface area contributed by atoms with E-state index in [9.17, 15) is 19.7 Å². The van der Waals surface area contributed by atoms with Crippen LogP contribution in [0.2, 0.25) is 0 Å². The van der Waals surface area contributed by atoms with Gasteiger partial charge in [0.2, 0.25) is 0 Å². The Bertz CT molecular complexity index is 1110. The average molecular weight is 466 g/mol. The molecule has 0 saturated heterocycles. The van der Waals surface area contributed by atoms with Crippen LogP contribution < -0.4 is 10.6 Å². The normalized spacial score (nSPS) is 10.9. The molecule has 7 nitrogen and oxygen atoms in total. The molecule has 0 aliphatic rings. The predicted octanol–water partition coefficient (Wildman–Crippen LogP) is 4.77. The Morgan fingerprint density at radius 3 is 2.17 bits per heavy atom. The highest BCUT2D eigenvalue weighted by atomic mass is 79.9. The third-order valence-electron chi connectivity index (χ3n) is 4.06. The average Bonchev–Trinajstić information content (AvgIpc) is 2.74. The first kappa shape index (κ1) is 20.9. The zero-order chi connectivity index (χ0) is 21.5. The molecular weight excluding hydrogens is 450 g/mol. The van der Waals surface area contributed by atoms with Gasteiger partial charge in [-0.2, -0.15) is 0 Å². The van der Waals surface area contributed by atoms with E-state index in [1.807, 2.05) is 18.2 Å². The van der Waals surface area contributed by atoms with Gasteiger partial charge in [0.05, 0.1) is 10.5 Å². The summed E-state index contributed by atoms with van der Waals surface area (Å²) in [6, 6.07) is 21.3. The number of nitrogens with one attached hydrogen (secondary N) is 2. The smallest absolute Gasteiger partial charge is 0.272 e. The summed E-state index contributed by atoms with van der Waals surface area (Å²) in [6.07, 6.45) is 1.55. The summed E-state index contributed by atoms with van der Waals surface area (Å²) in [5, 5.41) is 16.1. The van der Waals surface area contributed by atoms with Gasteiger partial charge in [0, 0.05) is 22.3 Å². The van der Waals surface area contributed by atoms with Crippen LogP contribution in [0.1, 0.15) is 15.9 Å². The summed E-state index contributed by atoms with van der Waals surface area (Å²) in [7, 11) is 0. The molecule has 0 bridgehead atoms. The highest BCUT2D eigenvalue weighted by Gasteiger charge is 2.17. The van der Waals surface area contributed by atoms with Crippen molar-refractivity contribution < 1.29 is 14.5 Å². The highest BCUT2D eigenvalue weighted by Crippen LogP contribution is 2.18. The number of carbonyl (C=O) groups excluding carboxylic acids is 2. The third-order valence-corrected chi connectivity index (χ3v) is 4.75. The van der Waals surface area contributed by atoms with Crippen LogP contribution in [0.25, 0.3) is 6.08 Å².